The van der Waals surface area contributed by atoms with Crippen LogP contribution in [0.4, 0.5) is 13.2 Å². The molecular weight excluding hydrogens is 319 g/mol. The molecule has 0 aliphatic carbocycles. The molecule has 7 heteroatoms. The number of nitrogens with zero attached hydrogens (tertiary/aromatic N) is 2. The van der Waals surface area contributed by atoms with E-state index in [9.17, 15) is 18.0 Å². The molecule has 4 nitrogen and oxygen atoms in total. The van der Waals surface area contributed by atoms with E-state index in [-0.39, 0.29) is 5.56 Å². The molecule has 0 atom stereocenters. The maximum absolute atomic E-state index is 12.7. The molecule has 0 amide bonds. The first-order valence-corrected chi connectivity index (χ1v) is 7.17. The minimum Gasteiger partial charge on any atom is -0.234 e. The summed E-state index contributed by atoms with van der Waals surface area (Å²) >= 11 is 0. The largest absolute Gasteiger partial charge is 0.416 e. The molecule has 0 bridgehead atoms. The van der Waals surface area contributed by atoms with Gasteiger partial charge in [-0.15, -0.1) is 4.52 Å². The third-order valence-corrected chi connectivity index (χ3v) is 3.91. The second-order valence-corrected chi connectivity index (χ2v) is 5.40. The van der Waals surface area contributed by atoms with Crippen molar-refractivity contribution in [2.75, 3.05) is 0 Å². The number of rotatable bonds is 1. The van der Waals surface area contributed by atoms with Crippen molar-refractivity contribution >= 4 is 16.4 Å². The van der Waals surface area contributed by atoms with Crippen LogP contribution in [0.2, 0.25) is 0 Å². The fourth-order valence-corrected chi connectivity index (χ4v) is 2.71. The third-order valence-electron chi connectivity index (χ3n) is 3.91. The van der Waals surface area contributed by atoms with Gasteiger partial charge >= 0.3 is 11.7 Å². The van der Waals surface area contributed by atoms with Gasteiger partial charge in [-0.1, -0.05) is 28.1 Å². The van der Waals surface area contributed by atoms with Gasteiger partial charge in [0.2, 0.25) is 5.52 Å². The van der Waals surface area contributed by atoms with Gasteiger partial charge in [0.15, 0.2) is 11.2 Å². The molecule has 2 aromatic heterocycles. The molecular formula is C17H11F3N3O+. The topological polar surface area (TPSA) is 41.9 Å². The first kappa shape index (κ1) is 14.5. The molecule has 4 rings (SSSR count). The summed E-state index contributed by atoms with van der Waals surface area (Å²) < 4.78 is 40.8. The van der Waals surface area contributed by atoms with Crippen LogP contribution in [0.25, 0.3) is 22.1 Å². The molecule has 4 aromatic rings. The van der Waals surface area contributed by atoms with Crippen molar-refractivity contribution in [2.24, 2.45) is 0 Å². The monoisotopic (exact) mass is 330 g/mol. The molecule has 0 aliphatic rings. The minimum atomic E-state index is -4.41. The Hall–Kier alpha value is -3.09. The zero-order valence-electron chi connectivity index (χ0n) is 12.2. The molecule has 0 aliphatic heterocycles. The lowest BCUT2D eigenvalue weighted by atomic mass is 10.2. The van der Waals surface area contributed by atoms with Gasteiger partial charge in [-0.3, -0.25) is 0 Å². The van der Waals surface area contributed by atoms with Gasteiger partial charge in [-0.05, 0) is 42.5 Å². The third kappa shape index (κ3) is 2.17. The summed E-state index contributed by atoms with van der Waals surface area (Å²) in [6, 6.07) is 15.5. The Balaban J connectivity index is 1.93. The fourth-order valence-electron chi connectivity index (χ4n) is 2.71. The number of aromatic amines is 1. The lowest BCUT2D eigenvalue weighted by molar-refractivity contribution is -0.555. The second-order valence-electron chi connectivity index (χ2n) is 5.40. The first-order chi connectivity index (χ1) is 11.4. The van der Waals surface area contributed by atoms with E-state index in [1.165, 1.54) is 16.8 Å². The zero-order chi connectivity index (χ0) is 16.9. The quantitative estimate of drug-likeness (QED) is 0.536. The smallest absolute Gasteiger partial charge is 0.234 e. The van der Waals surface area contributed by atoms with E-state index < -0.39 is 11.7 Å². The maximum atomic E-state index is 12.7. The molecule has 2 heterocycles. The van der Waals surface area contributed by atoms with Gasteiger partial charge in [0.1, 0.15) is 0 Å². The van der Waals surface area contributed by atoms with E-state index in [4.69, 9.17) is 0 Å². The standard InChI is InChI=1S/C17H10F3N3O/c18-17(19,20)12-6-8-13(9-7-12)22-16(24)15-10-5-11-3-1-2-4-14(11)23(15)21-22/h1-10H/p+1. The summed E-state index contributed by atoms with van der Waals surface area (Å²) in [4.78, 5) is 12.5. The van der Waals surface area contributed by atoms with Crippen LogP contribution in [-0.4, -0.2) is 9.90 Å². The van der Waals surface area contributed by atoms with Gasteiger partial charge < -0.3 is 0 Å². The Morgan fingerprint density at radius 3 is 2.29 bits per heavy atom. The molecule has 1 N–H and O–H groups in total. The van der Waals surface area contributed by atoms with Crippen molar-refractivity contribution < 1.29 is 17.7 Å². The molecule has 0 fully saturated rings. The van der Waals surface area contributed by atoms with Crippen molar-refractivity contribution in [3.05, 3.63) is 76.6 Å². The molecule has 0 saturated heterocycles. The van der Waals surface area contributed by atoms with Crippen molar-refractivity contribution in [2.45, 2.75) is 6.18 Å². The summed E-state index contributed by atoms with van der Waals surface area (Å²) in [5.74, 6) is 0. The molecule has 24 heavy (non-hydrogen) atoms. The highest BCUT2D eigenvalue weighted by Crippen LogP contribution is 2.29. The number of alkyl halides is 3. The molecule has 120 valence electrons. The molecule has 0 saturated carbocycles. The Bertz CT molecular complexity index is 1110. The highest BCUT2D eigenvalue weighted by atomic mass is 19.4. The first-order valence-electron chi connectivity index (χ1n) is 7.17. The molecule has 0 unspecified atom stereocenters. The van der Waals surface area contributed by atoms with Crippen LogP contribution in [0.5, 0.6) is 0 Å². The molecule has 2 aromatic carbocycles. The van der Waals surface area contributed by atoms with Crippen LogP contribution in [-0.2, 0) is 6.18 Å². The van der Waals surface area contributed by atoms with Crippen LogP contribution in [0, 0.1) is 0 Å². The van der Waals surface area contributed by atoms with Crippen LogP contribution >= 0.6 is 0 Å². The number of nitrogens with one attached hydrogen (secondary N) is 1. The van der Waals surface area contributed by atoms with Crippen LogP contribution in [0.15, 0.2) is 65.5 Å². The Labute approximate surface area is 133 Å². The fraction of sp³-hybridized carbons (Fsp3) is 0.0588. The van der Waals surface area contributed by atoms with E-state index in [1.807, 2.05) is 30.3 Å². The molecule has 0 spiro atoms. The Morgan fingerprint density at radius 1 is 0.875 bits per heavy atom. The summed E-state index contributed by atoms with van der Waals surface area (Å²) in [5.41, 5.74) is 0.459. The number of H-pyrrole nitrogens is 1. The number of para-hydroxylation sites is 1. The SMILES string of the molecule is O=c1c2ccc3ccccc3[n+]2[nH]n1-c1ccc(C(F)(F)F)cc1. The average molecular weight is 330 g/mol. The number of fused-ring (bicyclic) bond motifs is 3. The number of aromatic nitrogens is 3. The lowest BCUT2D eigenvalue weighted by Crippen LogP contribution is -2.25. The van der Waals surface area contributed by atoms with E-state index in [2.05, 4.69) is 5.21 Å². The maximum Gasteiger partial charge on any atom is 0.416 e. The minimum absolute atomic E-state index is 0.333. The van der Waals surface area contributed by atoms with Crippen LogP contribution in [0.1, 0.15) is 5.56 Å². The Kier molecular flexibility index (Phi) is 2.99. The average Bonchev–Trinajstić information content (AvgIpc) is 2.92. The van der Waals surface area contributed by atoms with Crippen molar-refractivity contribution in [3.8, 4) is 5.69 Å². The van der Waals surface area contributed by atoms with Gasteiger partial charge in [-0.25, -0.2) is 4.79 Å². The van der Waals surface area contributed by atoms with Gasteiger partial charge in [-0.2, -0.15) is 13.2 Å². The van der Waals surface area contributed by atoms with Crippen LogP contribution < -0.4 is 10.1 Å². The Morgan fingerprint density at radius 2 is 1.58 bits per heavy atom. The number of benzene rings is 2. The van der Waals surface area contributed by atoms with E-state index in [0.717, 1.165) is 23.0 Å². The number of halogens is 3. The summed E-state index contributed by atoms with van der Waals surface area (Å²) in [6.07, 6.45) is -4.41. The number of pyridine rings is 1. The van der Waals surface area contributed by atoms with E-state index >= 15 is 0 Å². The zero-order valence-corrected chi connectivity index (χ0v) is 12.2. The predicted octanol–water partition coefficient (Wildman–Crippen LogP) is 3.08. The lowest BCUT2D eigenvalue weighted by Gasteiger charge is -2.05. The normalized spacial score (nSPS) is 12.1. The van der Waals surface area contributed by atoms with Crippen LogP contribution in [0.3, 0.4) is 0 Å². The summed E-state index contributed by atoms with van der Waals surface area (Å²) in [5, 5.41) is 3.86. The van der Waals surface area contributed by atoms with Crippen molar-refractivity contribution in [3.63, 3.8) is 0 Å². The highest BCUT2D eigenvalue weighted by Gasteiger charge is 2.30. The predicted molar refractivity (Wildman–Crippen MR) is 82.1 cm³/mol. The van der Waals surface area contributed by atoms with Gasteiger partial charge in [0.25, 0.3) is 0 Å². The van der Waals surface area contributed by atoms with Gasteiger partial charge in [0, 0.05) is 5.39 Å². The summed E-state index contributed by atoms with van der Waals surface area (Å²) in [6.45, 7) is 0. The molecule has 0 radical (unpaired) electrons. The highest BCUT2D eigenvalue weighted by molar-refractivity contribution is 5.76. The summed E-state index contributed by atoms with van der Waals surface area (Å²) in [7, 11) is 0. The van der Waals surface area contributed by atoms with E-state index in [1.54, 1.807) is 10.6 Å². The van der Waals surface area contributed by atoms with Gasteiger partial charge in [0.05, 0.1) is 5.56 Å². The number of hydrogen-bond acceptors (Lipinski definition) is 1. The number of hydrogen-bond donors (Lipinski definition) is 1. The van der Waals surface area contributed by atoms with Crippen molar-refractivity contribution in [1.29, 1.82) is 0 Å². The van der Waals surface area contributed by atoms with E-state index in [0.29, 0.717) is 11.2 Å². The second kappa shape index (κ2) is 4.95. The van der Waals surface area contributed by atoms with Crippen molar-refractivity contribution in [1.82, 2.24) is 9.90 Å².